The number of hydrogen-bond donors (Lipinski definition) is 2. The van der Waals surface area contributed by atoms with Gasteiger partial charge in [0.05, 0.1) is 0 Å². The Kier molecular flexibility index (Phi) is 3.61. The Balaban J connectivity index is 2.31. The third-order valence-electron chi connectivity index (χ3n) is 2.43. The normalized spacial score (nSPS) is 12.7. The first-order valence-corrected chi connectivity index (χ1v) is 6.18. The second-order valence-electron chi connectivity index (χ2n) is 3.47. The van der Waals surface area contributed by atoms with Crippen molar-refractivity contribution < 1.29 is 5.11 Å². The molecule has 84 valence electrons. The van der Waals surface area contributed by atoms with Crippen LogP contribution in [0.25, 0.3) is 0 Å². The highest BCUT2D eigenvalue weighted by atomic mass is 35.5. The maximum atomic E-state index is 10.2. The van der Waals surface area contributed by atoms with E-state index in [4.69, 9.17) is 17.3 Å². The molecule has 2 aromatic rings. The molecule has 0 amide bonds. The highest BCUT2D eigenvalue weighted by Crippen LogP contribution is 2.29. The van der Waals surface area contributed by atoms with Crippen LogP contribution in [-0.2, 0) is 6.54 Å². The quantitative estimate of drug-likeness (QED) is 0.884. The van der Waals surface area contributed by atoms with E-state index in [1.54, 1.807) is 12.1 Å². The zero-order valence-electron chi connectivity index (χ0n) is 8.56. The van der Waals surface area contributed by atoms with Crippen molar-refractivity contribution in [1.29, 1.82) is 0 Å². The molecular formula is C12H12ClNOS. The van der Waals surface area contributed by atoms with Gasteiger partial charge in [0, 0.05) is 16.4 Å². The standard InChI is InChI=1S/C12H12ClNOS/c13-10-3-1-8(2-4-10)11(15)12-9(7-14)5-6-16-12/h1-6,11,15H,7,14H2/t11-/m0/s1. The first-order chi connectivity index (χ1) is 7.72. The van der Waals surface area contributed by atoms with Gasteiger partial charge in [-0.2, -0.15) is 0 Å². The average molecular weight is 254 g/mol. The fourth-order valence-electron chi connectivity index (χ4n) is 1.55. The van der Waals surface area contributed by atoms with E-state index >= 15 is 0 Å². The van der Waals surface area contributed by atoms with Crippen molar-refractivity contribution in [2.24, 2.45) is 5.73 Å². The molecule has 3 N–H and O–H groups in total. The van der Waals surface area contributed by atoms with Crippen LogP contribution < -0.4 is 5.73 Å². The van der Waals surface area contributed by atoms with Crippen molar-refractivity contribution in [2.75, 3.05) is 0 Å². The Labute approximate surface area is 103 Å². The Morgan fingerprint density at radius 3 is 2.56 bits per heavy atom. The van der Waals surface area contributed by atoms with Gasteiger partial charge in [-0.3, -0.25) is 0 Å². The average Bonchev–Trinajstić information content (AvgIpc) is 2.77. The molecule has 0 saturated heterocycles. The lowest BCUT2D eigenvalue weighted by atomic mass is 10.1. The molecule has 0 aliphatic heterocycles. The maximum absolute atomic E-state index is 10.2. The lowest BCUT2D eigenvalue weighted by Crippen LogP contribution is -2.03. The van der Waals surface area contributed by atoms with Gasteiger partial charge < -0.3 is 10.8 Å². The fraction of sp³-hybridized carbons (Fsp3) is 0.167. The van der Waals surface area contributed by atoms with Crippen molar-refractivity contribution in [3.05, 3.63) is 56.7 Å². The molecule has 4 heteroatoms. The van der Waals surface area contributed by atoms with Gasteiger partial charge in [0.25, 0.3) is 0 Å². The number of aliphatic hydroxyl groups excluding tert-OH is 1. The topological polar surface area (TPSA) is 46.2 Å². The summed E-state index contributed by atoms with van der Waals surface area (Å²) in [5.41, 5.74) is 7.44. The van der Waals surface area contributed by atoms with Crippen LogP contribution in [0.2, 0.25) is 5.02 Å². The SMILES string of the molecule is NCc1ccsc1[C@@H](O)c1ccc(Cl)cc1. The molecule has 1 aromatic carbocycles. The molecule has 0 bridgehead atoms. The first kappa shape index (κ1) is 11.6. The minimum absolute atomic E-state index is 0.448. The zero-order chi connectivity index (χ0) is 11.5. The van der Waals surface area contributed by atoms with Crippen molar-refractivity contribution >= 4 is 22.9 Å². The van der Waals surface area contributed by atoms with Gasteiger partial charge in [-0.1, -0.05) is 23.7 Å². The van der Waals surface area contributed by atoms with Gasteiger partial charge in [-0.05, 0) is 34.7 Å². The van der Waals surface area contributed by atoms with Crippen LogP contribution in [0.1, 0.15) is 22.1 Å². The number of aliphatic hydroxyl groups is 1. The number of hydrogen-bond acceptors (Lipinski definition) is 3. The summed E-state index contributed by atoms with van der Waals surface area (Å²) in [5, 5.41) is 12.8. The van der Waals surface area contributed by atoms with Crippen LogP contribution in [0, 0.1) is 0 Å². The molecule has 0 radical (unpaired) electrons. The van der Waals surface area contributed by atoms with Crippen LogP contribution in [0.5, 0.6) is 0 Å². The van der Waals surface area contributed by atoms with Gasteiger partial charge in [0.2, 0.25) is 0 Å². The highest BCUT2D eigenvalue weighted by Gasteiger charge is 2.15. The molecule has 0 fully saturated rings. The molecular weight excluding hydrogens is 242 g/mol. The van der Waals surface area contributed by atoms with Gasteiger partial charge in [-0.15, -0.1) is 11.3 Å². The van der Waals surface area contributed by atoms with E-state index < -0.39 is 6.10 Å². The molecule has 1 aromatic heterocycles. The van der Waals surface area contributed by atoms with E-state index in [2.05, 4.69) is 0 Å². The second-order valence-corrected chi connectivity index (χ2v) is 4.85. The van der Waals surface area contributed by atoms with Gasteiger partial charge in [0.1, 0.15) is 6.10 Å². The van der Waals surface area contributed by atoms with Gasteiger partial charge >= 0.3 is 0 Å². The Hall–Kier alpha value is -0.870. The van der Waals surface area contributed by atoms with Gasteiger partial charge in [0.15, 0.2) is 0 Å². The number of halogens is 1. The van der Waals surface area contributed by atoms with Gasteiger partial charge in [-0.25, -0.2) is 0 Å². The molecule has 0 aliphatic rings. The number of nitrogens with two attached hydrogens (primary N) is 1. The summed E-state index contributed by atoms with van der Waals surface area (Å²) in [4.78, 5) is 0.907. The summed E-state index contributed by atoms with van der Waals surface area (Å²) >= 11 is 7.32. The lowest BCUT2D eigenvalue weighted by Gasteiger charge is -2.11. The zero-order valence-corrected chi connectivity index (χ0v) is 10.1. The predicted octanol–water partition coefficient (Wildman–Crippen LogP) is 2.94. The number of rotatable bonds is 3. The third kappa shape index (κ3) is 2.28. The number of benzene rings is 1. The highest BCUT2D eigenvalue weighted by molar-refractivity contribution is 7.10. The van der Waals surface area contributed by atoms with Crippen LogP contribution in [0.3, 0.4) is 0 Å². The molecule has 0 unspecified atom stereocenters. The van der Waals surface area contributed by atoms with E-state index in [0.29, 0.717) is 11.6 Å². The molecule has 2 nitrogen and oxygen atoms in total. The Morgan fingerprint density at radius 1 is 1.25 bits per heavy atom. The Morgan fingerprint density at radius 2 is 1.94 bits per heavy atom. The molecule has 2 rings (SSSR count). The van der Waals surface area contributed by atoms with Crippen LogP contribution in [0.4, 0.5) is 0 Å². The largest absolute Gasteiger partial charge is 0.383 e. The predicted molar refractivity (Wildman–Crippen MR) is 67.7 cm³/mol. The van der Waals surface area contributed by atoms with Crippen molar-refractivity contribution in [2.45, 2.75) is 12.6 Å². The molecule has 1 atom stereocenters. The number of thiophene rings is 1. The summed E-state index contributed by atoms with van der Waals surface area (Å²) in [6.07, 6.45) is -0.615. The minimum atomic E-state index is -0.615. The molecule has 0 saturated carbocycles. The van der Waals surface area contributed by atoms with Crippen molar-refractivity contribution in [3.8, 4) is 0 Å². The smallest absolute Gasteiger partial charge is 0.114 e. The van der Waals surface area contributed by atoms with Crippen LogP contribution in [-0.4, -0.2) is 5.11 Å². The van der Waals surface area contributed by atoms with Crippen molar-refractivity contribution in [1.82, 2.24) is 0 Å². The molecule has 16 heavy (non-hydrogen) atoms. The van der Waals surface area contributed by atoms with E-state index in [0.717, 1.165) is 16.0 Å². The summed E-state index contributed by atoms with van der Waals surface area (Å²) < 4.78 is 0. The van der Waals surface area contributed by atoms with Crippen molar-refractivity contribution in [3.63, 3.8) is 0 Å². The first-order valence-electron chi connectivity index (χ1n) is 4.92. The molecule has 1 heterocycles. The third-order valence-corrected chi connectivity index (χ3v) is 3.70. The maximum Gasteiger partial charge on any atom is 0.114 e. The summed E-state index contributed by atoms with van der Waals surface area (Å²) in [7, 11) is 0. The summed E-state index contributed by atoms with van der Waals surface area (Å²) in [6, 6.07) is 9.14. The molecule has 0 aliphatic carbocycles. The summed E-state index contributed by atoms with van der Waals surface area (Å²) in [6.45, 7) is 0.448. The summed E-state index contributed by atoms with van der Waals surface area (Å²) in [5.74, 6) is 0. The van der Waals surface area contributed by atoms with E-state index in [-0.39, 0.29) is 0 Å². The molecule has 0 spiro atoms. The lowest BCUT2D eigenvalue weighted by molar-refractivity contribution is 0.223. The van der Waals surface area contributed by atoms with E-state index in [1.807, 2.05) is 23.6 Å². The van der Waals surface area contributed by atoms with E-state index in [1.165, 1.54) is 11.3 Å². The fourth-order valence-corrected chi connectivity index (χ4v) is 2.63. The Bertz CT molecular complexity index is 466. The minimum Gasteiger partial charge on any atom is -0.383 e. The monoisotopic (exact) mass is 253 g/mol. The van der Waals surface area contributed by atoms with E-state index in [9.17, 15) is 5.11 Å². The second kappa shape index (κ2) is 4.97. The van der Waals surface area contributed by atoms with Crippen LogP contribution >= 0.6 is 22.9 Å². The van der Waals surface area contributed by atoms with Crippen LogP contribution in [0.15, 0.2) is 35.7 Å².